The SMILES string of the molecule is FC(I)C(F)(F)F. The highest BCUT2D eigenvalue weighted by Crippen LogP contribution is 2.26. The van der Waals surface area contributed by atoms with Gasteiger partial charge in [0.05, 0.1) is 0 Å². The molecule has 0 aliphatic rings. The summed E-state index contributed by atoms with van der Waals surface area (Å²) in [5.41, 5.74) is 0. The maximum atomic E-state index is 11.1. The van der Waals surface area contributed by atoms with E-state index in [1.807, 2.05) is 0 Å². The second-order valence-electron chi connectivity index (χ2n) is 0.842. The van der Waals surface area contributed by atoms with Gasteiger partial charge < -0.3 is 0 Å². The van der Waals surface area contributed by atoms with Crippen molar-refractivity contribution >= 4 is 22.6 Å². The number of rotatable bonds is 0. The minimum absolute atomic E-state index is 0.658. The molecule has 0 rings (SSSR count). The van der Waals surface area contributed by atoms with E-state index in [-0.39, 0.29) is 0 Å². The fourth-order valence-electron chi connectivity index (χ4n) is 0. The summed E-state index contributed by atoms with van der Waals surface area (Å²) in [5.74, 6) is 0. The van der Waals surface area contributed by atoms with Crippen molar-refractivity contribution in [2.45, 2.75) is 10.4 Å². The predicted octanol–water partition coefficient (Wildman–Crippen LogP) is 2.28. The molecule has 0 saturated carbocycles. The van der Waals surface area contributed by atoms with E-state index in [0.717, 1.165) is 0 Å². The van der Waals surface area contributed by atoms with Gasteiger partial charge in [-0.3, -0.25) is 0 Å². The maximum absolute atomic E-state index is 11.1. The molecule has 0 fully saturated rings. The van der Waals surface area contributed by atoms with Crippen molar-refractivity contribution in [1.29, 1.82) is 0 Å². The van der Waals surface area contributed by atoms with Crippen molar-refractivity contribution in [1.82, 2.24) is 0 Å². The Morgan fingerprint density at radius 1 is 1.29 bits per heavy atom. The summed E-state index contributed by atoms with van der Waals surface area (Å²) >= 11 is 0.658. The molecule has 0 bridgehead atoms. The Morgan fingerprint density at radius 3 is 1.43 bits per heavy atom. The molecule has 7 heavy (non-hydrogen) atoms. The molecule has 0 aromatic rings. The second kappa shape index (κ2) is 2.15. The maximum Gasteiger partial charge on any atom is 0.428 e. The standard InChI is InChI=1S/C2HF4I/c3-1(7)2(4,5)6/h1H. The molecule has 0 aromatic carbocycles. The molecular formula is C2HF4I. The van der Waals surface area contributed by atoms with E-state index in [2.05, 4.69) is 0 Å². The molecule has 0 heterocycles. The normalized spacial score (nSPS) is 16.7. The first kappa shape index (κ1) is 7.45. The van der Waals surface area contributed by atoms with Gasteiger partial charge in [0.2, 0.25) is 4.18 Å². The average Bonchev–Trinajstić information content (AvgIpc) is 1.31. The zero-order chi connectivity index (χ0) is 6.08. The summed E-state index contributed by atoms with van der Waals surface area (Å²) in [6.45, 7) is 0. The molecule has 0 spiro atoms. The highest BCUT2D eigenvalue weighted by atomic mass is 127. The molecule has 44 valence electrons. The van der Waals surface area contributed by atoms with Gasteiger partial charge in [0.1, 0.15) is 0 Å². The van der Waals surface area contributed by atoms with Gasteiger partial charge in [0, 0.05) is 0 Å². The minimum Gasteiger partial charge on any atom is -0.226 e. The summed E-state index contributed by atoms with van der Waals surface area (Å²) in [6, 6.07) is 0. The van der Waals surface area contributed by atoms with Crippen LogP contribution in [0.1, 0.15) is 0 Å². The van der Waals surface area contributed by atoms with E-state index in [9.17, 15) is 17.6 Å². The third kappa shape index (κ3) is 3.07. The summed E-state index contributed by atoms with van der Waals surface area (Å²) < 4.78 is 40.7. The van der Waals surface area contributed by atoms with Crippen molar-refractivity contribution in [2.24, 2.45) is 0 Å². The molecule has 0 N–H and O–H groups in total. The average molecular weight is 228 g/mol. The molecule has 1 unspecified atom stereocenters. The molecule has 0 aromatic heterocycles. The van der Waals surface area contributed by atoms with Gasteiger partial charge in [-0.1, -0.05) is 0 Å². The van der Waals surface area contributed by atoms with Crippen molar-refractivity contribution in [3.63, 3.8) is 0 Å². The van der Waals surface area contributed by atoms with Gasteiger partial charge in [0.25, 0.3) is 0 Å². The van der Waals surface area contributed by atoms with Crippen LogP contribution >= 0.6 is 22.6 Å². The lowest BCUT2D eigenvalue weighted by Gasteiger charge is -2.02. The third-order valence-electron chi connectivity index (χ3n) is 0.247. The van der Waals surface area contributed by atoms with E-state index in [0.29, 0.717) is 22.6 Å². The van der Waals surface area contributed by atoms with E-state index >= 15 is 0 Å². The van der Waals surface area contributed by atoms with Crippen LogP contribution in [0.4, 0.5) is 17.6 Å². The number of alkyl halides is 5. The molecule has 1 atom stereocenters. The Morgan fingerprint density at radius 2 is 1.43 bits per heavy atom. The van der Waals surface area contributed by atoms with Crippen LogP contribution in [0.15, 0.2) is 0 Å². The Bertz CT molecular complexity index is 55.2. The van der Waals surface area contributed by atoms with Gasteiger partial charge in [-0.25, -0.2) is 4.39 Å². The van der Waals surface area contributed by atoms with E-state index in [1.165, 1.54) is 0 Å². The summed E-state index contributed by atoms with van der Waals surface area (Å²) in [5, 5.41) is 0. The Kier molecular flexibility index (Phi) is 2.28. The van der Waals surface area contributed by atoms with Gasteiger partial charge in [0.15, 0.2) is 0 Å². The van der Waals surface area contributed by atoms with Crippen molar-refractivity contribution in [2.75, 3.05) is 0 Å². The minimum atomic E-state index is -4.68. The zero-order valence-corrected chi connectivity index (χ0v) is 5.12. The topological polar surface area (TPSA) is 0 Å². The molecule has 0 nitrogen and oxygen atoms in total. The Hall–Kier alpha value is 0.450. The van der Waals surface area contributed by atoms with Crippen LogP contribution in [0.25, 0.3) is 0 Å². The molecule has 0 radical (unpaired) electrons. The molecule has 0 aliphatic carbocycles. The third-order valence-corrected chi connectivity index (χ3v) is 0.954. The molecular weight excluding hydrogens is 227 g/mol. The highest BCUT2D eigenvalue weighted by molar-refractivity contribution is 14.1. The molecule has 5 heteroatoms. The first-order valence-corrected chi connectivity index (χ1v) is 2.54. The Labute approximate surface area is 51.0 Å². The number of hydrogen-bond donors (Lipinski definition) is 0. The van der Waals surface area contributed by atoms with Crippen LogP contribution in [-0.4, -0.2) is 10.4 Å². The van der Waals surface area contributed by atoms with Crippen LogP contribution < -0.4 is 0 Å². The molecule has 0 aliphatic heterocycles. The lowest BCUT2D eigenvalue weighted by atomic mass is 10.8. The lowest BCUT2D eigenvalue weighted by molar-refractivity contribution is -0.148. The van der Waals surface area contributed by atoms with Crippen molar-refractivity contribution in [3.05, 3.63) is 0 Å². The van der Waals surface area contributed by atoms with Gasteiger partial charge in [-0.05, 0) is 22.6 Å². The first-order chi connectivity index (χ1) is 2.94. The van der Waals surface area contributed by atoms with Crippen LogP contribution in [0, 0.1) is 0 Å². The lowest BCUT2D eigenvalue weighted by Crippen LogP contribution is -2.17. The van der Waals surface area contributed by atoms with E-state index in [4.69, 9.17) is 0 Å². The monoisotopic (exact) mass is 228 g/mol. The zero-order valence-electron chi connectivity index (χ0n) is 2.97. The van der Waals surface area contributed by atoms with E-state index in [1.54, 1.807) is 0 Å². The van der Waals surface area contributed by atoms with E-state index < -0.39 is 10.4 Å². The first-order valence-electron chi connectivity index (χ1n) is 1.29. The van der Waals surface area contributed by atoms with Crippen LogP contribution in [0.2, 0.25) is 0 Å². The fraction of sp³-hybridized carbons (Fsp3) is 1.00. The smallest absolute Gasteiger partial charge is 0.226 e. The van der Waals surface area contributed by atoms with Crippen LogP contribution in [0.3, 0.4) is 0 Å². The number of hydrogen-bond acceptors (Lipinski definition) is 0. The van der Waals surface area contributed by atoms with Crippen molar-refractivity contribution < 1.29 is 17.6 Å². The summed E-state index contributed by atoms with van der Waals surface area (Å²) in [4.78, 5) is 0. The summed E-state index contributed by atoms with van der Waals surface area (Å²) in [7, 11) is 0. The van der Waals surface area contributed by atoms with Gasteiger partial charge in [-0.15, -0.1) is 0 Å². The predicted molar refractivity (Wildman–Crippen MR) is 25.0 cm³/mol. The fourth-order valence-corrected chi connectivity index (χ4v) is 0. The molecule has 0 saturated heterocycles. The summed E-state index contributed by atoms with van der Waals surface area (Å²) in [6.07, 6.45) is -4.68. The van der Waals surface area contributed by atoms with Crippen LogP contribution in [0.5, 0.6) is 0 Å². The van der Waals surface area contributed by atoms with Crippen molar-refractivity contribution in [3.8, 4) is 0 Å². The van der Waals surface area contributed by atoms with Gasteiger partial charge in [-0.2, -0.15) is 13.2 Å². The number of halogens is 5. The Balaban J connectivity index is 3.54. The van der Waals surface area contributed by atoms with Crippen LogP contribution in [-0.2, 0) is 0 Å². The second-order valence-corrected chi connectivity index (χ2v) is 1.94. The molecule has 0 amide bonds. The van der Waals surface area contributed by atoms with Gasteiger partial charge >= 0.3 is 6.18 Å². The quantitative estimate of drug-likeness (QED) is 0.339. The highest BCUT2D eigenvalue weighted by Gasteiger charge is 2.37. The largest absolute Gasteiger partial charge is 0.428 e.